The van der Waals surface area contributed by atoms with Gasteiger partial charge < -0.3 is 15.1 Å². The number of aryl methyl sites for hydroxylation is 2. The van der Waals surface area contributed by atoms with E-state index in [1.165, 1.54) is 12.1 Å². The molecule has 0 atom stereocenters. The lowest BCUT2D eigenvalue weighted by molar-refractivity contribution is -0.137. The molecule has 33 heavy (non-hydrogen) atoms. The molecule has 1 amide bonds. The third kappa shape index (κ3) is 5.42. The van der Waals surface area contributed by atoms with Crippen LogP contribution < -0.4 is 10.2 Å². The molecular formula is C24H24F3N5O. The van der Waals surface area contributed by atoms with Crippen LogP contribution in [0.15, 0.2) is 54.6 Å². The van der Waals surface area contributed by atoms with Crippen molar-refractivity contribution in [2.45, 2.75) is 20.0 Å². The van der Waals surface area contributed by atoms with E-state index in [2.05, 4.69) is 15.3 Å². The number of carbonyl (C=O) groups excluding carboxylic acids is 1. The van der Waals surface area contributed by atoms with Crippen LogP contribution >= 0.6 is 0 Å². The zero-order valence-electron chi connectivity index (χ0n) is 18.4. The summed E-state index contributed by atoms with van der Waals surface area (Å²) in [5.74, 6) is 1.62. The van der Waals surface area contributed by atoms with Crippen molar-refractivity contribution in [3.05, 3.63) is 77.1 Å². The summed E-state index contributed by atoms with van der Waals surface area (Å²) in [4.78, 5) is 25.4. The van der Waals surface area contributed by atoms with E-state index in [1.54, 1.807) is 4.90 Å². The number of amides is 1. The maximum atomic E-state index is 13.0. The Morgan fingerprint density at radius 1 is 0.939 bits per heavy atom. The van der Waals surface area contributed by atoms with E-state index in [0.717, 1.165) is 29.2 Å². The average molecular weight is 455 g/mol. The fraction of sp³-hybridized carbons (Fsp3) is 0.292. The molecule has 0 bridgehead atoms. The smallest absolute Gasteiger partial charge is 0.353 e. The molecule has 1 aliphatic heterocycles. The number of nitrogens with one attached hydrogen (secondary N) is 1. The number of piperazine rings is 1. The number of nitrogens with zero attached hydrogens (tertiary/aromatic N) is 4. The van der Waals surface area contributed by atoms with Gasteiger partial charge >= 0.3 is 6.18 Å². The van der Waals surface area contributed by atoms with Gasteiger partial charge in [0, 0.05) is 43.5 Å². The van der Waals surface area contributed by atoms with Crippen LogP contribution in [0, 0.1) is 13.8 Å². The van der Waals surface area contributed by atoms with Gasteiger partial charge in [0.2, 0.25) is 0 Å². The first-order valence-corrected chi connectivity index (χ1v) is 10.6. The molecule has 9 heteroatoms. The fourth-order valence-electron chi connectivity index (χ4n) is 3.71. The van der Waals surface area contributed by atoms with Crippen molar-refractivity contribution in [1.82, 2.24) is 14.9 Å². The number of aromatic nitrogens is 2. The first-order valence-electron chi connectivity index (χ1n) is 10.6. The molecule has 2 heterocycles. The second kappa shape index (κ2) is 9.09. The fourth-order valence-corrected chi connectivity index (χ4v) is 3.71. The van der Waals surface area contributed by atoms with Gasteiger partial charge in [-0.1, -0.05) is 23.8 Å². The number of hydrogen-bond donors (Lipinski definition) is 1. The lowest BCUT2D eigenvalue weighted by Crippen LogP contribution is -2.49. The lowest BCUT2D eigenvalue weighted by atomic mass is 10.1. The Hall–Kier alpha value is -3.62. The van der Waals surface area contributed by atoms with Gasteiger partial charge in [-0.15, -0.1) is 0 Å². The van der Waals surface area contributed by atoms with Crippen LogP contribution in [0.2, 0.25) is 0 Å². The van der Waals surface area contributed by atoms with E-state index in [-0.39, 0.29) is 5.56 Å². The van der Waals surface area contributed by atoms with Crippen LogP contribution in [0.4, 0.5) is 30.5 Å². The van der Waals surface area contributed by atoms with Crippen molar-refractivity contribution in [2.75, 3.05) is 36.4 Å². The third-order valence-electron chi connectivity index (χ3n) is 5.48. The second-order valence-electron chi connectivity index (χ2n) is 8.01. The number of carbonyl (C=O) groups is 1. The quantitative estimate of drug-likeness (QED) is 0.611. The molecule has 3 aromatic rings. The van der Waals surface area contributed by atoms with Gasteiger partial charge in [-0.2, -0.15) is 13.2 Å². The molecule has 1 fully saturated rings. The van der Waals surface area contributed by atoms with Crippen LogP contribution in [0.5, 0.6) is 0 Å². The Morgan fingerprint density at radius 3 is 2.30 bits per heavy atom. The highest BCUT2D eigenvalue weighted by Crippen LogP contribution is 2.30. The number of benzene rings is 2. The van der Waals surface area contributed by atoms with Gasteiger partial charge in [0.15, 0.2) is 0 Å². The molecule has 0 radical (unpaired) electrons. The minimum absolute atomic E-state index is 0.0424. The van der Waals surface area contributed by atoms with E-state index in [1.807, 2.05) is 49.1 Å². The maximum absolute atomic E-state index is 13.0. The molecule has 0 saturated carbocycles. The van der Waals surface area contributed by atoms with E-state index in [9.17, 15) is 18.0 Å². The molecular weight excluding hydrogens is 431 g/mol. The number of halogens is 3. The summed E-state index contributed by atoms with van der Waals surface area (Å²) in [6.07, 6.45) is -4.48. The molecule has 1 aliphatic rings. The van der Waals surface area contributed by atoms with Crippen LogP contribution in [0.3, 0.4) is 0 Å². The summed E-state index contributed by atoms with van der Waals surface area (Å²) >= 11 is 0. The topological polar surface area (TPSA) is 61.4 Å². The average Bonchev–Trinajstić information content (AvgIpc) is 2.79. The predicted molar refractivity (Wildman–Crippen MR) is 121 cm³/mol. The minimum Gasteiger partial charge on any atom is -0.353 e. The molecule has 1 saturated heterocycles. The van der Waals surface area contributed by atoms with Crippen LogP contribution in [-0.4, -0.2) is 47.0 Å². The zero-order valence-corrected chi connectivity index (χ0v) is 18.4. The van der Waals surface area contributed by atoms with E-state index < -0.39 is 17.6 Å². The van der Waals surface area contributed by atoms with Crippen molar-refractivity contribution in [1.29, 1.82) is 0 Å². The number of rotatable bonds is 4. The van der Waals surface area contributed by atoms with Crippen molar-refractivity contribution in [3.63, 3.8) is 0 Å². The number of anilines is 3. The predicted octanol–water partition coefficient (Wildman–Crippen LogP) is 4.82. The molecule has 0 aliphatic carbocycles. The van der Waals surface area contributed by atoms with Crippen molar-refractivity contribution in [2.24, 2.45) is 0 Å². The van der Waals surface area contributed by atoms with E-state index in [4.69, 9.17) is 0 Å². The Kier molecular flexibility index (Phi) is 6.22. The normalized spacial score (nSPS) is 14.3. The molecule has 2 aromatic carbocycles. The molecule has 1 N–H and O–H groups in total. The van der Waals surface area contributed by atoms with E-state index >= 15 is 0 Å². The molecule has 4 rings (SSSR count). The summed E-state index contributed by atoms with van der Waals surface area (Å²) in [6, 6.07) is 14.4. The summed E-state index contributed by atoms with van der Waals surface area (Å²) < 4.78 is 39.0. The number of hydrogen-bond acceptors (Lipinski definition) is 5. The summed E-state index contributed by atoms with van der Waals surface area (Å²) in [5.41, 5.74) is 1.30. The molecule has 0 spiro atoms. The van der Waals surface area contributed by atoms with Crippen molar-refractivity contribution < 1.29 is 18.0 Å². The Morgan fingerprint density at radius 2 is 1.64 bits per heavy atom. The Labute approximate surface area is 190 Å². The lowest BCUT2D eigenvalue weighted by Gasteiger charge is -2.35. The highest BCUT2D eigenvalue weighted by Gasteiger charge is 2.31. The van der Waals surface area contributed by atoms with Crippen molar-refractivity contribution >= 4 is 23.2 Å². The molecule has 0 unspecified atom stereocenters. The zero-order chi connectivity index (χ0) is 23.6. The van der Waals surface area contributed by atoms with Gasteiger partial charge in [-0.25, -0.2) is 9.97 Å². The Bertz CT molecular complexity index is 1140. The first kappa shape index (κ1) is 22.6. The molecule has 6 nitrogen and oxygen atoms in total. The van der Waals surface area contributed by atoms with Crippen LogP contribution in [0.1, 0.15) is 27.3 Å². The van der Waals surface area contributed by atoms with E-state index in [0.29, 0.717) is 37.8 Å². The van der Waals surface area contributed by atoms with Gasteiger partial charge in [-0.05, 0) is 44.2 Å². The summed E-state index contributed by atoms with van der Waals surface area (Å²) in [6.45, 7) is 5.65. The minimum atomic E-state index is -4.48. The van der Waals surface area contributed by atoms with Crippen LogP contribution in [-0.2, 0) is 6.18 Å². The van der Waals surface area contributed by atoms with Crippen LogP contribution in [0.25, 0.3) is 0 Å². The second-order valence-corrected chi connectivity index (χ2v) is 8.01. The summed E-state index contributed by atoms with van der Waals surface area (Å²) in [7, 11) is 0. The largest absolute Gasteiger partial charge is 0.416 e. The van der Waals surface area contributed by atoms with Gasteiger partial charge in [-0.3, -0.25) is 4.79 Å². The third-order valence-corrected chi connectivity index (χ3v) is 5.48. The standard InChI is InChI=1S/C24H24F3N5O/c1-16-6-8-20(9-7-16)30-21-15-22(29-17(2)28-21)31-10-12-32(13-11-31)23(33)18-4-3-5-19(14-18)24(25,26)27/h3-9,14-15H,10-13H2,1-2H3,(H,28,29,30). The molecule has 1 aromatic heterocycles. The highest BCUT2D eigenvalue weighted by atomic mass is 19.4. The van der Waals surface area contributed by atoms with Gasteiger partial charge in [0.25, 0.3) is 5.91 Å². The summed E-state index contributed by atoms with van der Waals surface area (Å²) in [5, 5.41) is 3.28. The monoisotopic (exact) mass is 455 g/mol. The Balaban J connectivity index is 1.43. The first-order chi connectivity index (χ1) is 15.7. The SMILES string of the molecule is Cc1ccc(Nc2cc(N3CCN(C(=O)c4cccc(C(F)(F)F)c4)CC3)nc(C)n2)cc1. The number of alkyl halides is 3. The van der Waals surface area contributed by atoms with Gasteiger partial charge in [0.1, 0.15) is 17.5 Å². The maximum Gasteiger partial charge on any atom is 0.416 e. The van der Waals surface area contributed by atoms with Gasteiger partial charge in [0.05, 0.1) is 5.56 Å². The van der Waals surface area contributed by atoms with Crippen molar-refractivity contribution in [3.8, 4) is 0 Å². The highest BCUT2D eigenvalue weighted by molar-refractivity contribution is 5.94. The molecule has 172 valence electrons.